The summed E-state index contributed by atoms with van der Waals surface area (Å²) >= 11 is 0. The average Bonchev–Trinajstić information content (AvgIpc) is 3.07. The summed E-state index contributed by atoms with van der Waals surface area (Å²) in [5, 5.41) is 0. The highest BCUT2D eigenvalue weighted by atomic mass is 19.4. The Balaban J connectivity index is 2.16. The van der Waals surface area contributed by atoms with Crippen molar-refractivity contribution in [3.63, 3.8) is 0 Å². The second-order valence-corrected chi connectivity index (χ2v) is 12.8. The van der Waals surface area contributed by atoms with E-state index in [-0.39, 0.29) is 22.0 Å². The van der Waals surface area contributed by atoms with Crippen LogP contribution in [0.2, 0.25) is 0 Å². The fraction of sp³-hybridized carbons (Fsp3) is 0.576. The van der Waals surface area contributed by atoms with Crippen molar-refractivity contribution in [2.75, 3.05) is 0 Å². The van der Waals surface area contributed by atoms with Crippen molar-refractivity contribution in [3.05, 3.63) is 75.4 Å². The van der Waals surface area contributed by atoms with E-state index in [4.69, 9.17) is 0 Å². The summed E-state index contributed by atoms with van der Waals surface area (Å²) in [6.07, 6.45) is -10.3. The van der Waals surface area contributed by atoms with Gasteiger partial charge in [0.25, 0.3) is 0 Å². The zero-order valence-electron chi connectivity index (χ0n) is 24.5. The van der Waals surface area contributed by atoms with Gasteiger partial charge in [0, 0.05) is 0 Å². The summed E-state index contributed by atoms with van der Waals surface area (Å²) in [5.41, 5.74) is 1.22. The van der Waals surface area contributed by atoms with Gasteiger partial charge in [0.1, 0.15) is 0 Å². The van der Waals surface area contributed by atoms with Crippen molar-refractivity contribution >= 4 is 5.57 Å². The van der Waals surface area contributed by atoms with Crippen molar-refractivity contribution in [3.8, 4) is 0 Å². The van der Waals surface area contributed by atoms with E-state index in [9.17, 15) is 26.3 Å². The van der Waals surface area contributed by atoms with Gasteiger partial charge in [-0.2, -0.15) is 26.3 Å². The number of rotatable bonds is 8. The first-order chi connectivity index (χ1) is 17.8. The summed E-state index contributed by atoms with van der Waals surface area (Å²) in [6.45, 7) is 15.9. The molecule has 3 rings (SSSR count). The third-order valence-electron chi connectivity index (χ3n) is 8.62. The first-order valence-electron chi connectivity index (χ1n) is 13.9. The Labute approximate surface area is 229 Å². The standard InChI is InChI=1S/C33H42F6/c1-9-15-29(5,6)27-16-22(11-13-24(27)10-2)18-31(32(34,35)36,33(37,38)39)19-23-12-14-25-26(21(3)4)20-30(7,8)28(25)17-23/h11-14,16-17H,9-10,15,18-20H2,1-8H3. The molecule has 0 unspecified atom stereocenters. The number of halogens is 6. The number of benzene rings is 2. The molecule has 1 aliphatic rings. The van der Waals surface area contributed by atoms with E-state index < -0.39 is 30.6 Å². The van der Waals surface area contributed by atoms with E-state index in [1.807, 2.05) is 55.4 Å². The van der Waals surface area contributed by atoms with Gasteiger partial charge >= 0.3 is 12.4 Å². The molecule has 39 heavy (non-hydrogen) atoms. The largest absolute Gasteiger partial charge is 0.403 e. The molecular weight excluding hydrogens is 510 g/mol. The summed E-state index contributed by atoms with van der Waals surface area (Å²) in [4.78, 5) is 0. The van der Waals surface area contributed by atoms with Crippen molar-refractivity contribution in [2.45, 2.75) is 117 Å². The van der Waals surface area contributed by atoms with E-state index >= 15 is 0 Å². The minimum Gasteiger partial charge on any atom is -0.170 e. The summed E-state index contributed by atoms with van der Waals surface area (Å²) in [6, 6.07) is 9.48. The first kappa shape index (κ1) is 31.3. The van der Waals surface area contributed by atoms with Gasteiger partial charge in [0.2, 0.25) is 0 Å². The zero-order chi connectivity index (χ0) is 29.6. The van der Waals surface area contributed by atoms with Gasteiger partial charge in [0.05, 0.1) is 0 Å². The molecule has 0 aromatic heterocycles. The monoisotopic (exact) mass is 552 g/mol. The molecule has 0 spiro atoms. The van der Waals surface area contributed by atoms with Gasteiger partial charge in [0.15, 0.2) is 5.41 Å². The molecule has 6 heteroatoms. The van der Waals surface area contributed by atoms with Crippen LogP contribution >= 0.6 is 0 Å². The Morgan fingerprint density at radius 1 is 0.821 bits per heavy atom. The fourth-order valence-corrected chi connectivity index (χ4v) is 6.36. The van der Waals surface area contributed by atoms with Crippen LogP contribution in [0.15, 0.2) is 42.0 Å². The molecule has 0 radical (unpaired) electrons. The van der Waals surface area contributed by atoms with Gasteiger partial charge < -0.3 is 0 Å². The lowest BCUT2D eigenvalue weighted by atomic mass is 9.72. The fourth-order valence-electron chi connectivity index (χ4n) is 6.36. The molecule has 0 bridgehead atoms. The van der Waals surface area contributed by atoms with E-state index in [1.165, 1.54) is 12.1 Å². The van der Waals surface area contributed by atoms with Gasteiger partial charge in [-0.1, -0.05) is 89.9 Å². The summed E-state index contributed by atoms with van der Waals surface area (Å²) < 4.78 is 88.3. The second kappa shape index (κ2) is 10.6. The minimum atomic E-state index is -5.49. The molecule has 2 aromatic carbocycles. The Hall–Kier alpha value is -2.24. The van der Waals surface area contributed by atoms with E-state index in [2.05, 4.69) is 0 Å². The number of aryl methyl sites for hydroxylation is 1. The van der Waals surface area contributed by atoms with Gasteiger partial charge in [-0.05, 0) is 95.7 Å². The van der Waals surface area contributed by atoms with Crippen LogP contribution in [0, 0.1) is 5.41 Å². The Morgan fingerprint density at radius 3 is 1.85 bits per heavy atom. The molecule has 0 nitrogen and oxygen atoms in total. The Kier molecular flexibility index (Phi) is 8.53. The van der Waals surface area contributed by atoms with Crippen molar-refractivity contribution in [1.29, 1.82) is 0 Å². The SMILES string of the molecule is CCCC(C)(C)c1cc(CC(Cc2ccc3c(c2)C(C)(C)CC3=C(C)C)(C(F)(F)F)C(F)(F)F)ccc1CC. The van der Waals surface area contributed by atoms with Crippen LogP contribution < -0.4 is 0 Å². The topological polar surface area (TPSA) is 0 Å². The molecule has 0 aliphatic heterocycles. The number of hydrogen-bond acceptors (Lipinski definition) is 0. The predicted molar refractivity (Wildman–Crippen MR) is 148 cm³/mol. The second-order valence-electron chi connectivity index (χ2n) is 12.8. The highest BCUT2D eigenvalue weighted by Crippen LogP contribution is 2.55. The first-order valence-corrected chi connectivity index (χ1v) is 13.9. The molecule has 2 aromatic rings. The lowest BCUT2D eigenvalue weighted by molar-refractivity contribution is -0.340. The number of alkyl halides is 6. The minimum absolute atomic E-state index is 0.0585. The lowest BCUT2D eigenvalue weighted by Gasteiger charge is -2.38. The van der Waals surface area contributed by atoms with Crippen molar-refractivity contribution in [2.24, 2.45) is 5.41 Å². The van der Waals surface area contributed by atoms with Crippen LogP contribution in [-0.4, -0.2) is 12.4 Å². The maximum atomic E-state index is 14.7. The lowest BCUT2D eigenvalue weighted by Crippen LogP contribution is -2.53. The number of allylic oxidation sites excluding steroid dienone is 2. The quantitative estimate of drug-likeness (QED) is 0.286. The highest BCUT2D eigenvalue weighted by molar-refractivity contribution is 5.77. The molecule has 0 heterocycles. The maximum absolute atomic E-state index is 14.7. The third-order valence-corrected chi connectivity index (χ3v) is 8.62. The van der Waals surface area contributed by atoms with E-state index in [0.29, 0.717) is 12.8 Å². The van der Waals surface area contributed by atoms with Crippen LogP contribution in [0.4, 0.5) is 26.3 Å². The number of fused-ring (bicyclic) bond motifs is 1. The van der Waals surface area contributed by atoms with Crippen LogP contribution in [0.3, 0.4) is 0 Å². The molecule has 0 saturated carbocycles. The maximum Gasteiger partial charge on any atom is 0.403 e. The van der Waals surface area contributed by atoms with Crippen LogP contribution in [0.25, 0.3) is 5.57 Å². The molecule has 1 aliphatic carbocycles. The van der Waals surface area contributed by atoms with Gasteiger partial charge in [-0.25, -0.2) is 0 Å². The third kappa shape index (κ3) is 5.95. The van der Waals surface area contributed by atoms with Crippen LogP contribution in [0.1, 0.15) is 108 Å². The molecule has 0 saturated heterocycles. The molecule has 0 atom stereocenters. The predicted octanol–water partition coefficient (Wildman–Crippen LogP) is 10.7. The summed E-state index contributed by atoms with van der Waals surface area (Å²) in [5.74, 6) is 0. The van der Waals surface area contributed by atoms with Gasteiger partial charge in [-0.3, -0.25) is 0 Å². The molecule has 0 fully saturated rings. The Morgan fingerprint density at radius 2 is 1.36 bits per heavy atom. The molecule has 216 valence electrons. The molecular formula is C33H42F6. The Bertz CT molecular complexity index is 1210. The van der Waals surface area contributed by atoms with Crippen LogP contribution in [-0.2, 0) is 30.1 Å². The van der Waals surface area contributed by atoms with Crippen molar-refractivity contribution in [1.82, 2.24) is 0 Å². The smallest absolute Gasteiger partial charge is 0.170 e. The van der Waals surface area contributed by atoms with Crippen LogP contribution in [0.5, 0.6) is 0 Å². The van der Waals surface area contributed by atoms with Gasteiger partial charge in [-0.15, -0.1) is 0 Å². The summed E-state index contributed by atoms with van der Waals surface area (Å²) in [7, 11) is 0. The molecule has 0 N–H and O–H groups in total. The molecule has 0 amide bonds. The van der Waals surface area contributed by atoms with Crippen molar-refractivity contribution < 1.29 is 26.3 Å². The normalized spacial score (nSPS) is 16.0. The van der Waals surface area contributed by atoms with E-state index in [0.717, 1.165) is 46.2 Å². The highest BCUT2D eigenvalue weighted by Gasteiger charge is 2.70. The average molecular weight is 553 g/mol. The number of hydrogen-bond donors (Lipinski definition) is 0. The zero-order valence-corrected chi connectivity index (χ0v) is 24.5. The van der Waals surface area contributed by atoms with E-state index in [1.54, 1.807) is 24.3 Å².